The molecule has 0 unspecified atom stereocenters. The molecule has 1 aromatic rings. The van der Waals surface area contributed by atoms with Gasteiger partial charge in [0, 0.05) is 10.9 Å². The van der Waals surface area contributed by atoms with Gasteiger partial charge in [-0.05, 0) is 45.4 Å². The minimum absolute atomic E-state index is 0.00833. The third-order valence-corrected chi connectivity index (χ3v) is 3.29. The summed E-state index contributed by atoms with van der Waals surface area (Å²) in [5.41, 5.74) is 0.224. The molecule has 2 atom stereocenters. The highest BCUT2D eigenvalue weighted by Gasteiger charge is 2.27. The third-order valence-electron chi connectivity index (χ3n) is 3.04. The van der Waals surface area contributed by atoms with Gasteiger partial charge < -0.3 is 10.1 Å². The Kier molecular flexibility index (Phi) is 5.78. The predicted molar refractivity (Wildman–Crippen MR) is 83.4 cm³/mol. The molecular weight excluding hydrogens is 290 g/mol. The van der Waals surface area contributed by atoms with Gasteiger partial charge in [0.2, 0.25) is 0 Å². The summed E-state index contributed by atoms with van der Waals surface area (Å²) in [5, 5.41) is 3.37. The van der Waals surface area contributed by atoms with E-state index >= 15 is 0 Å². The Morgan fingerprint density at radius 2 is 1.71 bits per heavy atom. The van der Waals surface area contributed by atoms with E-state index in [1.165, 1.54) is 6.92 Å². The van der Waals surface area contributed by atoms with Gasteiger partial charge in [-0.1, -0.05) is 30.7 Å². The highest BCUT2D eigenvalue weighted by molar-refractivity contribution is 6.30. The number of rotatable bonds is 4. The lowest BCUT2D eigenvalue weighted by molar-refractivity contribution is -0.121. The van der Waals surface area contributed by atoms with Crippen LogP contribution in [-0.2, 0) is 9.53 Å². The number of hydrogen-bond donors (Lipinski definition) is 1. The van der Waals surface area contributed by atoms with Crippen molar-refractivity contribution in [3.05, 3.63) is 34.9 Å². The molecule has 0 bridgehead atoms. The van der Waals surface area contributed by atoms with Crippen LogP contribution in [0.3, 0.4) is 0 Å². The van der Waals surface area contributed by atoms with Crippen molar-refractivity contribution in [3.8, 4) is 0 Å². The maximum atomic E-state index is 12.0. The van der Waals surface area contributed by atoms with E-state index in [0.717, 1.165) is 5.56 Å². The zero-order chi connectivity index (χ0) is 16.2. The van der Waals surface area contributed by atoms with Gasteiger partial charge >= 0.3 is 6.09 Å². The number of amides is 1. The van der Waals surface area contributed by atoms with E-state index in [9.17, 15) is 9.59 Å². The van der Waals surface area contributed by atoms with Crippen molar-refractivity contribution in [1.29, 1.82) is 0 Å². The Hall–Kier alpha value is -1.55. The van der Waals surface area contributed by atoms with Crippen LogP contribution in [0.5, 0.6) is 0 Å². The number of Topliss-reactive ketones (excluding diaryl/α,β-unsaturated/α-hetero) is 1. The van der Waals surface area contributed by atoms with Crippen molar-refractivity contribution < 1.29 is 14.3 Å². The van der Waals surface area contributed by atoms with Gasteiger partial charge in [0.05, 0.1) is 6.04 Å². The molecular formula is C16H22ClNO3. The van der Waals surface area contributed by atoms with Crippen molar-refractivity contribution in [2.75, 3.05) is 0 Å². The molecule has 1 rings (SSSR count). The Morgan fingerprint density at radius 3 is 2.14 bits per heavy atom. The fourth-order valence-electron chi connectivity index (χ4n) is 1.84. The molecule has 0 radical (unpaired) electrons. The van der Waals surface area contributed by atoms with Crippen molar-refractivity contribution in [2.45, 2.75) is 46.3 Å². The molecule has 0 aromatic heterocycles. The van der Waals surface area contributed by atoms with Gasteiger partial charge in [0.25, 0.3) is 0 Å². The van der Waals surface area contributed by atoms with E-state index in [-0.39, 0.29) is 11.7 Å². The van der Waals surface area contributed by atoms with Crippen LogP contribution in [0.2, 0.25) is 5.02 Å². The van der Waals surface area contributed by atoms with Crippen molar-refractivity contribution in [2.24, 2.45) is 5.92 Å². The average molecular weight is 312 g/mol. The molecule has 0 saturated heterocycles. The van der Waals surface area contributed by atoms with Crippen molar-refractivity contribution in [1.82, 2.24) is 5.32 Å². The standard InChI is InChI=1S/C16H22ClNO3/c1-10(11(2)19)14(12-6-8-13(17)9-7-12)18-15(20)21-16(3,4)5/h6-10,14H,1-5H3,(H,18,20)/t10-,14+/m1/s1. The minimum Gasteiger partial charge on any atom is -0.444 e. The number of carbonyl (C=O) groups excluding carboxylic acids is 2. The van der Waals surface area contributed by atoms with Crippen LogP contribution in [0.15, 0.2) is 24.3 Å². The first-order chi connectivity index (χ1) is 9.60. The molecule has 0 spiro atoms. The number of ether oxygens (including phenoxy) is 1. The zero-order valence-electron chi connectivity index (χ0n) is 13.1. The van der Waals surface area contributed by atoms with E-state index in [1.54, 1.807) is 52.0 Å². The Morgan fingerprint density at radius 1 is 1.19 bits per heavy atom. The maximum absolute atomic E-state index is 12.0. The SMILES string of the molecule is CC(=O)[C@@H](C)[C@H](NC(=O)OC(C)(C)C)c1ccc(Cl)cc1. The molecule has 0 aliphatic heterocycles. The van der Waals surface area contributed by atoms with Crippen LogP contribution >= 0.6 is 11.6 Å². The number of ketones is 1. The van der Waals surface area contributed by atoms with Crippen LogP contribution in [0.25, 0.3) is 0 Å². The number of carbonyl (C=O) groups is 2. The minimum atomic E-state index is -0.589. The molecule has 1 N–H and O–H groups in total. The third kappa shape index (κ3) is 5.76. The van der Waals surface area contributed by atoms with E-state index in [4.69, 9.17) is 16.3 Å². The second-order valence-corrected chi connectivity index (χ2v) is 6.51. The van der Waals surface area contributed by atoms with Crippen LogP contribution in [0.4, 0.5) is 4.79 Å². The smallest absolute Gasteiger partial charge is 0.408 e. The van der Waals surface area contributed by atoms with Gasteiger partial charge in [-0.3, -0.25) is 4.79 Å². The fraction of sp³-hybridized carbons (Fsp3) is 0.500. The van der Waals surface area contributed by atoms with E-state index in [0.29, 0.717) is 5.02 Å². The van der Waals surface area contributed by atoms with Crippen LogP contribution in [0, 0.1) is 5.92 Å². The summed E-state index contributed by atoms with van der Waals surface area (Å²) in [7, 11) is 0. The zero-order valence-corrected chi connectivity index (χ0v) is 13.8. The normalized spacial score (nSPS) is 14.2. The lowest BCUT2D eigenvalue weighted by atomic mass is 9.92. The van der Waals surface area contributed by atoms with Crippen molar-refractivity contribution >= 4 is 23.5 Å². The van der Waals surface area contributed by atoms with Crippen LogP contribution in [-0.4, -0.2) is 17.5 Å². The summed E-state index contributed by atoms with van der Waals surface area (Å²) in [6.07, 6.45) is -0.546. The topological polar surface area (TPSA) is 55.4 Å². The molecule has 0 saturated carbocycles. The van der Waals surface area contributed by atoms with Gasteiger partial charge in [-0.25, -0.2) is 4.79 Å². The molecule has 4 nitrogen and oxygen atoms in total. The number of hydrogen-bond acceptors (Lipinski definition) is 3. The number of benzene rings is 1. The van der Waals surface area contributed by atoms with Gasteiger partial charge in [-0.2, -0.15) is 0 Å². The summed E-state index contributed by atoms with van der Waals surface area (Å²) >= 11 is 5.87. The first-order valence-corrected chi connectivity index (χ1v) is 7.23. The fourth-order valence-corrected chi connectivity index (χ4v) is 1.96. The monoisotopic (exact) mass is 311 g/mol. The number of nitrogens with one attached hydrogen (secondary N) is 1. The number of halogens is 1. The lowest BCUT2D eigenvalue weighted by Gasteiger charge is -2.26. The Bertz CT molecular complexity index is 505. The quantitative estimate of drug-likeness (QED) is 0.909. The molecule has 116 valence electrons. The van der Waals surface area contributed by atoms with Crippen LogP contribution < -0.4 is 5.32 Å². The van der Waals surface area contributed by atoms with Gasteiger partial charge in [-0.15, -0.1) is 0 Å². The molecule has 0 aliphatic rings. The summed E-state index contributed by atoms with van der Waals surface area (Å²) in [6.45, 7) is 8.65. The predicted octanol–water partition coefficient (Wildman–Crippen LogP) is 4.13. The summed E-state index contributed by atoms with van der Waals surface area (Å²) in [4.78, 5) is 23.6. The second-order valence-electron chi connectivity index (χ2n) is 6.07. The molecule has 0 aliphatic carbocycles. The molecule has 0 fully saturated rings. The molecule has 5 heteroatoms. The highest BCUT2D eigenvalue weighted by Crippen LogP contribution is 2.25. The summed E-state index contributed by atoms with van der Waals surface area (Å²) in [6, 6.07) is 6.60. The first kappa shape index (κ1) is 17.5. The van der Waals surface area contributed by atoms with E-state index in [1.807, 2.05) is 0 Å². The summed E-state index contributed by atoms with van der Waals surface area (Å²) < 4.78 is 5.26. The molecule has 0 heterocycles. The second kappa shape index (κ2) is 6.94. The average Bonchev–Trinajstić information content (AvgIpc) is 2.34. The van der Waals surface area contributed by atoms with Gasteiger partial charge in [0.15, 0.2) is 0 Å². The maximum Gasteiger partial charge on any atom is 0.408 e. The lowest BCUT2D eigenvalue weighted by Crippen LogP contribution is -2.38. The highest BCUT2D eigenvalue weighted by atomic mass is 35.5. The van der Waals surface area contributed by atoms with E-state index < -0.39 is 17.7 Å². The van der Waals surface area contributed by atoms with Gasteiger partial charge in [0.1, 0.15) is 11.4 Å². The number of alkyl carbamates (subject to hydrolysis) is 1. The van der Waals surface area contributed by atoms with Crippen LogP contribution in [0.1, 0.15) is 46.2 Å². The van der Waals surface area contributed by atoms with E-state index in [2.05, 4.69) is 5.32 Å². The molecule has 1 amide bonds. The molecule has 21 heavy (non-hydrogen) atoms. The largest absolute Gasteiger partial charge is 0.444 e. The summed E-state index contributed by atoms with van der Waals surface area (Å²) in [5.74, 6) is -0.371. The Labute approximate surface area is 130 Å². The first-order valence-electron chi connectivity index (χ1n) is 6.85. The molecule has 1 aromatic carbocycles. The van der Waals surface area contributed by atoms with Crippen molar-refractivity contribution in [3.63, 3.8) is 0 Å². The Balaban J connectivity index is 2.95.